The number of carbonyl (C=O) groups is 1. The molecule has 1 atom stereocenters. The van der Waals surface area contributed by atoms with Gasteiger partial charge in [-0.1, -0.05) is 99.9 Å². The first-order chi connectivity index (χ1) is 15.9. The maximum absolute atomic E-state index is 12.7. The van der Waals surface area contributed by atoms with Crippen LogP contribution in [0.4, 0.5) is 0 Å². The van der Waals surface area contributed by atoms with E-state index in [0.29, 0.717) is 11.3 Å². The van der Waals surface area contributed by atoms with Crippen molar-refractivity contribution in [1.82, 2.24) is 5.32 Å². The number of benzene rings is 2. The largest absolute Gasteiger partial charge is 0.309 e. The number of ketones is 1. The zero-order chi connectivity index (χ0) is 23.9. The van der Waals surface area contributed by atoms with E-state index in [-0.39, 0.29) is 24.0 Å². The number of aryl methyl sites for hydroxylation is 1. The number of hydrogen-bond acceptors (Lipinski definition) is 4. The average molecular weight is 472 g/mol. The van der Waals surface area contributed by atoms with E-state index in [1.807, 2.05) is 25.1 Å². The van der Waals surface area contributed by atoms with Crippen molar-refractivity contribution in [2.75, 3.05) is 5.75 Å². The maximum atomic E-state index is 12.7. The van der Waals surface area contributed by atoms with Crippen molar-refractivity contribution in [2.24, 2.45) is 0 Å². The van der Waals surface area contributed by atoms with Crippen LogP contribution in [0, 0.1) is 6.92 Å². The van der Waals surface area contributed by atoms with Gasteiger partial charge in [0.1, 0.15) is 5.78 Å². The molecule has 0 heterocycles. The summed E-state index contributed by atoms with van der Waals surface area (Å²) in [7, 11) is -3.44. The van der Waals surface area contributed by atoms with Crippen LogP contribution in [-0.4, -0.2) is 26.0 Å². The van der Waals surface area contributed by atoms with Crippen LogP contribution in [-0.2, 0) is 21.2 Å². The Morgan fingerprint density at radius 1 is 0.879 bits per heavy atom. The minimum absolute atomic E-state index is 0.0131. The van der Waals surface area contributed by atoms with Gasteiger partial charge in [0.15, 0.2) is 9.84 Å². The van der Waals surface area contributed by atoms with Crippen molar-refractivity contribution in [3.63, 3.8) is 0 Å². The molecule has 2 aromatic rings. The fourth-order valence-electron chi connectivity index (χ4n) is 3.97. The average Bonchev–Trinajstić information content (AvgIpc) is 2.81. The van der Waals surface area contributed by atoms with Gasteiger partial charge in [-0.05, 0) is 31.0 Å². The molecule has 4 nitrogen and oxygen atoms in total. The summed E-state index contributed by atoms with van der Waals surface area (Å²) in [6.07, 6.45) is 10.1. The highest BCUT2D eigenvalue weighted by atomic mass is 32.2. The highest BCUT2D eigenvalue weighted by Crippen LogP contribution is 2.16. The monoisotopic (exact) mass is 471 g/mol. The van der Waals surface area contributed by atoms with Crippen molar-refractivity contribution >= 4 is 15.6 Å². The first-order valence-corrected chi connectivity index (χ1v) is 14.1. The molecule has 0 aliphatic rings. The minimum atomic E-state index is -3.44. The molecule has 0 amide bonds. The lowest BCUT2D eigenvalue weighted by Gasteiger charge is -2.18. The van der Waals surface area contributed by atoms with Gasteiger partial charge < -0.3 is 5.32 Å². The molecule has 0 fully saturated rings. The Labute approximate surface area is 201 Å². The van der Waals surface area contributed by atoms with Crippen molar-refractivity contribution in [2.45, 2.75) is 95.5 Å². The van der Waals surface area contributed by atoms with E-state index in [1.165, 1.54) is 44.1 Å². The third-order valence-corrected chi connectivity index (χ3v) is 7.83. The third kappa shape index (κ3) is 11.1. The Balaban J connectivity index is 1.84. The topological polar surface area (TPSA) is 63.2 Å². The zero-order valence-corrected chi connectivity index (χ0v) is 21.2. The normalized spacial score (nSPS) is 12.5. The van der Waals surface area contributed by atoms with Crippen LogP contribution in [0.15, 0.2) is 59.5 Å². The Bertz CT molecular complexity index is 908. The van der Waals surface area contributed by atoms with Gasteiger partial charge in [-0.15, -0.1) is 0 Å². The molecule has 0 radical (unpaired) electrons. The Morgan fingerprint density at radius 3 is 2.18 bits per heavy atom. The van der Waals surface area contributed by atoms with E-state index in [0.717, 1.165) is 24.9 Å². The summed E-state index contributed by atoms with van der Waals surface area (Å²) in [6, 6.07) is 17.1. The summed E-state index contributed by atoms with van der Waals surface area (Å²) in [5.41, 5.74) is 2.21. The van der Waals surface area contributed by atoms with Crippen molar-refractivity contribution in [3.05, 3.63) is 65.7 Å². The Hall–Kier alpha value is -1.98. The molecule has 33 heavy (non-hydrogen) atoms. The molecular weight excluding hydrogens is 430 g/mol. The van der Waals surface area contributed by atoms with Crippen molar-refractivity contribution in [3.8, 4) is 0 Å². The lowest BCUT2D eigenvalue weighted by Crippen LogP contribution is -2.31. The molecule has 2 rings (SSSR count). The number of carbonyl (C=O) groups excluding carboxylic acids is 1. The summed E-state index contributed by atoms with van der Waals surface area (Å²) in [5.74, 6) is -0.114. The van der Waals surface area contributed by atoms with Crippen LogP contribution in [0.1, 0.15) is 82.3 Å². The third-order valence-electron chi connectivity index (χ3n) is 6.10. The maximum Gasteiger partial charge on any atom is 0.178 e. The first kappa shape index (κ1) is 27.3. The van der Waals surface area contributed by atoms with Crippen molar-refractivity contribution in [1.29, 1.82) is 0 Å². The van der Waals surface area contributed by atoms with E-state index in [9.17, 15) is 13.2 Å². The molecule has 0 saturated heterocycles. The van der Waals surface area contributed by atoms with Gasteiger partial charge in [-0.3, -0.25) is 4.79 Å². The molecule has 1 unspecified atom stereocenters. The fraction of sp³-hybridized carbons (Fsp3) is 0.536. The summed E-state index contributed by atoms with van der Waals surface area (Å²) in [6.45, 7) is 4.87. The van der Waals surface area contributed by atoms with Gasteiger partial charge in [-0.25, -0.2) is 8.42 Å². The lowest BCUT2D eigenvalue weighted by molar-refractivity contribution is -0.119. The van der Waals surface area contributed by atoms with Gasteiger partial charge in [0, 0.05) is 25.4 Å². The fourth-order valence-corrected chi connectivity index (χ4v) is 5.25. The molecule has 182 valence electrons. The second-order valence-corrected chi connectivity index (χ2v) is 11.2. The highest BCUT2D eigenvalue weighted by molar-refractivity contribution is 7.91. The standard InChI is InChI=1S/C28H41NO3S/c1-3-4-5-6-7-8-12-15-26(29-23-25-13-10-9-11-14-25)22-27(30)20-21-33(31,32)28-18-16-24(2)17-19-28/h9-11,13-14,16-19,26,29H,3-8,12,15,20-23H2,1-2H3. The molecule has 0 aromatic heterocycles. The molecular formula is C28H41NO3S. The molecule has 1 N–H and O–H groups in total. The molecule has 0 aliphatic carbocycles. The Kier molecular flexibility index (Phi) is 12.4. The van der Waals surface area contributed by atoms with Crippen LogP contribution in [0.25, 0.3) is 0 Å². The predicted octanol–water partition coefficient (Wildman–Crippen LogP) is 6.42. The molecule has 2 aromatic carbocycles. The van der Waals surface area contributed by atoms with Crippen LogP contribution in [0.2, 0.25) is 0 Å². The van der Waals surface area contributed by atoms with Gasteiger partial charge in [-0.2, -0.15) is 0 Å². The van der Waals surface area contributed by atoms with E-state index >= 15 is 0 Å². The molecule has 0 spiro atoms. The van der Waals surface area contributed by atoms with Crippen molar-refractivity contribution < 1.29 is 13.2 Å². The number of hydrogen-bond donors (Lipinski definition) is 1. The molecule has 0 bridgehead atoms. The number of Topliss-reactive ketones (excluding diaryl/α,β-unsaturated/α-hetero) is 1. The smallest absolute Gasteiger partial charge is 0.178 e. The van der Waals surface area contributed by atoms with Gasteiger partial charge in [0.25, 0.3) is 0 Å². The summed E-state index contributed by atoms with van der Waals surface area (Å²) in [5, 5.41) is 3.54. The summed E-state index contributed by atoms with van der Waals surface area (Å²) < 4.78 is 25.2. The number of sulfone groups is 1. The van der Waals surface area contributed by atoms with Crippen LogP contribution in [0.5, 0.6) is 0 Å². The quantitative estimate of drug-likeness (QED) is 0.271. The second kappa shape index (κ2) is 15.0. The summed E-state index contributed by atoms with van der Waals surface area (Å²) >= 11 is 0. The van der Waals surface area contributed by atoms with E-state index < -0.39 is 9.84 Å². The second-order valence-electron chi connectivity index (χ2n) is 9.10. The zero-order valence-electron chi connectivity index (χ0n) is 20.4. The molecule has 0 aliphatic heterocycles. The SMILES string of the molecule is CCCCCCCCCC(CC(=O)CCS(=O)(=O)c1ccc(C)cc1)NCc1ccccc1. The number of rotatable bonds is 17. The summed E-state index contributed by atoms with van der Waals surface area (Å²) in [4.78, 5) is 13.0. The van der Waals surface area contributed by atoms with Gasteiger partial charge in [0.2, 0.25) is 0 Å². The van der Waals surface area contributed by atoms with Crippen LogP contribution >= 0.6 is 0 Å². The van der Waals surface area contributed by atoms with E-state index in [4.69, 9.17) is 0 Å². The number of unbranched alkanes of at least 4 members (excludes halogenated alkanes) is 6. The van der Waals surface area contributed by atoms with E-state index in [1.54, 1.807) is 24.3 Å². The van der Waals surface area contributed by atoms with Gasteiger partial charge in [0.05, 0.1) is 10.6 Å². The lowest BCUT2D eigenvalue weighted by atomic mass is 10.0. The van der Waals surface area contributed by atoms with E-state index in [2.05, 4.69) is 24.4 Å². The highest BCUT2D eigenvalue weighted by Gasteiger charge is 2.19. The van der Waals surface area contributed by atoms with Crippen LogP contribution in [0.3, 0.4) is 0 Å². The van der Waals surface area contributed by atoms with Gasteiger partial charge >= 0.3 is 0 Å². The molecule has 0 saturated carbocycles. The first-order valence-electron chi connectivity index (χ1n) is 12.5. The van der Waals surface area contributed by atoms with Crippen LogP contribution < -0.4 is 5.32 Å². The number of nitrogens with one attached hydrogen (secondary N) is 1. The predicted molar refractivity (Wildman–Crippen MR) is 137 cm³/mol. The molecule has 5 heteroatoms. The minimum Gasteiger partial charge on any atom is -0.309 e. The Morgan fingerprint density at radius 2 is 1.52 bits per heavy atom.